The Labute approximate surface area is 208 Å². The van der Waals surface area contributed by atoms with Crippen LogP contribution in [-0.4, -0.2) is 45.8 Å². The Morgan fingerprint density at radius 3 is 2.11 bits per heavy atom. The fraction of sp³-hybridized carbons (Fsp3) is 0.367. The van der Waals surface area contributed by atoms with Crippen LogP contribution in [0.4, 0.5) is 0 Å². The lowest BCUT2D eigenvalue weighted by Gasteiger charge is -2.39. The van der Waals surface area contributed by atoms with Crippen LogP contribution in [0.3, 0.4) is 0 Å². The summed E-state index contributed by atoms with van der Waals surface area (Å²) >= 11 is 0. The average molecular weight is 474 g/mol. The van der Waals surface area contributed by atoms with Gasteiger partial charge in [0.15, 0.2) is 0 Å². The average Bonchev–Trinajstić information content (AvgIpc) is 3.33. The van der Waals surface area contributed by atoms with Gasteiger partial charge >= 0.3 is 5.97 Å². The number of phenols is 1. The summed E-state index contributed by atoms with van der Waals surface area (Å²) in [5, 5.41) is 20.6. The minimum atomic E-state index is -1.12. The van der Waals surface area contributed by atoms with Crippen molar-refractivity contribution in [2.45, 2.75) is 57.1 Å². The molecule has 5 nitrogen and oxygen atoms in total. The zero-order valence-corrected chi connectivity index (χ0v) is 20.8. The smallest absolute Gasteiger partial charge is 0.318 e. The first-order valence-electron chi connectivity index (χ1n) is 12.3. The first-order chi connectivity index (χ1) is 16.7. The van der Waals surface area contributed by atoms with E-state index in [2.05, 4.69) is 18.7 Å². The van der Waals surface area contributed by atoms with Gasteiger partial charge in [-0.1, -0.05) is 66.7 Å². The molecule has 3 aromatic rings. The Bertz CT molecular complexity index is 1100. The Morgan fingerprint density at radius 2 is 1.54 bits per heavy atom. The molecule has 0 bridgehead atoms. The molecule has 0 aromatic heterocycles. The maximum absolute atomic E-state index is 12.9. The monoisotopic (exact) mass is 473 g/mol. The van der Waals surface area contributed by atoms with Gasteiger partial charge < -0.3 is 14.9 Å². The molecule has 1 aliphatic rings. The van der Waals surface area contributed by atoms with Gasteiger partial charge in [-0.15, -0.1) is 0 Å². The number of hydrogen-bond acceptors (Lipinski definition) is 4. The van der Waals surface area contributed by atoms with Crippen LogP contribution < -0.4 is 4.74 Å². The highest BCUT2D eigenvalue weighted by Crippen LogP contribution is 2.40. The number of likely N-dealkylation sites (tertiary alicyclic amines) is 1. The number of aromatic hydroxyl groups is 1. The van der Waals surface area contributed by atoms with E-state index in [1.54, 1.807) is 12.1 Å². The first kappa shape index (κ1) is 24.8. The molecule has 1 fully saturated rings. The van der Waals surface area contributed by atoms with Crippen molar-refractivity contribution in [1.29, 1.82) is 0 Å². The molecular weight excluding hydrogens is 438 g/mol. The van der Waals surface area contributed by atoms with Gasteiger partial charge in [0.25, 0.3) is 0 Å². The summed E-state index contributed by atoms with van der Waals surface area (Å²) in [5.74, 6) is 0.130. The van der Waals surface area contributed by atoms with Crippen LogP contribution in [0.5, 0.6) is 11.5 Å². The predicted molar refractivity (Wildman–Crippen MR) is 138 cm³/mol. The molecule has 0 amide bonds. The van der Waals surface area contributed by atoms with Crippen molar-refractivity contribution < 1.29 is 19.7 Å². The van der Waals surface area contributed by atoms with Gasteiger partial charge in [-0.05, 0) is 63.3 Å². The fourth-order valence-corrected chi connectivity index (χ4v) is 5.19. The summed E-state index contributed by atoms with van der Waals surface area (Å²) in [6.45, 7) is 7.89. The number of ether oxygens (including phenoxy) is 1. The summed E-state index contributed by atoms with van der Waals surface area (Å²) in [6, 6.07) is 24.5. The Balaban J connectivity index is 1.53. The number of nitrogens with zero attached hydrogens (tertiary/aromatic N) is 1. The Hall–Kier alpha value is -3.31. The van der Waals surface area contributed by atoms with Gasteiger partial charge in [0.05, 0.1) is 0 Å². The normalized spacial score (nSPS) is 16.8. The summed E-state index contributed by atoms with van der Waals surface area (Å²) in [5.41, 5.74) is 1.03. The maximum atomic E-state index is 12.9. The van der Waals surface area contributed by atoms with E-state index in [1.165, 1.54) is 0 Å². The first-order valence-corrected chi connectivity index (χ1v) is 12.3. The minimum Gasteiger partial charge on any atom is -0.508 e. The maximum Gasteiger partial charge on any atom is 0.318 e. The number of carboxylic acid groups (broad SMARTS) is 1. The molecule has 0 aliphatic carbocycles. The lowest BCUT2D eigenvalue weighted by atomic mass is 9.69. The van der Waals surface area contributed by atoms with E-state index in [-0.39, 0.29) is 17.4 Å². The van der Waals surface area contributed by atoms with Gasteiger partial charge in [0.1, 0.15) is 23.0 Å². The van der Waals surface area contributed by atoms with Crippen LogP contribution in [0, 0.1) is 6.92 Å². The summed E-state index contributed by atoms with van der Waals surface area (Å²) in [7, 11) is 0. The van der Waals surface area contributed by atoms with Crippen LogP contribution in [0.15, 0.2) is 78.9 Å². The van der Waals surface area contributed by atoms with E-state index < -0.39 is 11.4 Å². The molecular formula is C30H35NO4. The van der Waals surface area contributed by atoms with E-state index >= 15 is 0 Å². The second kappa shape index (κ2) is 10.1. The van der Waals surface area contributed by atoms with Crippen molar-refractivity contribution in [2.75, 3.05) is 13.1 Å². The van der Waals surface area contributed by atoms with Crippen molar-refractivity contribution in [2.24, 2.45) is 0 Å². The van der Waals surface area contributed by atoms with Crippen molar-refractivity contribution in [1.82, 2.24) is 4.90 Å². The predicted octanol–water partition coefficient (Wildman–Crippen LogP) is 5.78. The minimum absolute atomic E-state index is 0.0299. The number of rotatable bonds is 9. The molecule has 3 aromatic carbocycles. The van der Waals surface area contributed by atoms with Gasteiger partial charge in [0, 0.05) is 24.2 Å². The third-order valence-corrected chi connectivity index (χ3v) is 7.56. The van der Waals surface area contributed by atoms with Gasteiger partial charge in [-0.2, -0.15) is 0 Å². The van der Waals surface area contributed by atoms with Crippen LogP contribution in [0.2, 0.25) is 0 Å². The molecule has 5 heteroatoms. The SMILES string of the molecule is Cc1c(O)cccc1O[C@H]1CCN(C(C)(C)CCC(C(=O)O)(c2ccccc2)c2ccccc2)C1. The molecule has 1 saturated heterocycles. The highest BCUT2D eigenvalue weighted by molar-refractivity contribution is 5.86. The molecule has 0 saturated carbocycles. The number of hydrogen-bond donors (Lipinski definition) is 2. The van der Waals surface area contributed by atoms with E-state index in [9.17, 15) is 15.0 Å². The van der Waals surface area contributed by atoms with Crippen LogP contribution in [-0.2, 0) is 10.2 Å². The van der Waals surface area contributed by atoms with E-state index in [4.69, 9.17) is 4.74 Å². The van der Waals surface area contributed by atoms with Crippen molar-refractivity contribution >= 4 is 5.97 Å². The number of phenolic OH excluding ortho intramolecular Hbond substituents is 1. The number of aliphatic carboxylic acids is 1. The van der Waals surface area contributed by atoms with Crippen molar-refractivity contribution in [3.8, 4) is 11.5 Å². The van der Waals surface area contributed by atoms with Gasteiger partial charge in [-0.3, -0.25) is 9.69 Å². The Kier molecular flexibility index (Phi) is 7.18. The number of carbonyl (C=O) groups is 1. The molecule has 1 heterocycles. The second-order valence-corrected chi connectivity index (χ2v) is 10.1. The third-order valence-electron chi connectivity index (χ3n) is 7.56. The topological polar surface area (TPSA) is 70.0 Å². The van der Waals surface area contributed by atoms with Gasteiger partial charge in [-0.25, -0.2) is 0 Å². The van der Waals surface area contributed by atoms with Crippen LogP contribution in [0.1, 0.15) is 49.8 Å². The second-order valence-electron chi connectivity index (χ2n) is 10.1. The van der Waals surface area contributed by atoms with E-state index in [0.29, 0.717) is 18.6 Å². The van der Waals surface area contributed by atoms with Crippen LogP contribution in [0.25, 0.3) is 0 Å². The summed E-state index contributed by atoms with van der Waals surface area (Å²) < 4.78 is 6.24. The molecule has 184 valence electrons. The number of benzene rings is 3. The van der Waals surface area contributed by atoms with Crippen LogP contribution >= 0.6 is 0 Å². The third kappa shape index (κ3) is 5.06. The molecule has 1 aliphatic heterocycles. The fourth-order valence-electron chi connectivity index (χ4n) is 5.19. The molecule has 4 rings (SSSR count). The van der Waals surface area contributed by atoms with Crippen molar-refractivity contribution in [3.63, 3.8) is 0 Å². The van der Waals surface area contributed by atoms with Crippen molar-refractivity contribution in [3.05, 3.63) is 95.6 Å². The molecule has 0 spiro atoms. The summed E-state index contributed by atoms with van der Waals surface area (Å²) in [4.78, 5) is 15.3. The molecule has 0 unspecified atom stereocenters. The standard InChI is InChI=1S/C30H35NO4/c1-22-26(32)15-10-16-27(22)35-25-17-20-31(21-25)29(2,3)18-19-30(28(33)34,23-11-6-4-7-12-23)24-13-8-5-9-14-24/h4-16,25,32H,17-21H2,1-3H3,(H,33,34)/t25-/m0/s1. The summed E-state index contributed by atoms with van der Waals surface area (Å²) in [6.07, 6.45) is 2.11. The number of carboxylic acids is 1. The Morgan fingerprint density at radius 1 is 0.943 bits per heavy atom. The van der Waals surface area contributed by atoms with Gasteiger partial charge in [0.2, 0.25) is 0 Å². The highest BCUT2D eigenvalue weighted by Gasteiger charge is 2.44. The molecule has 35 heavy (non-hydrogen) atoms. The molecule has 1 atom stereocenters. The van der Waals surface area contributed by atoms with E-state index in [1.807, 2.05) is 73.7 Å². The highest BCUT2D eigenvalue weighted by atomic mass is 16.5. The zero-order valence-electron chi connectivity index (χ0n) is 20.8. The zero-order chi connectivity index (χ0) is 25.1. The lowest BCUT2D eigenvalue weighted by molar-refractivity contribution is -0.142. The molecule has 0 radical (unpaired) electrons. The quantitative estimate of drug-likeness (QED) is 0.412. The molecule has 2 N–H and O–H groups in total. The lowest BCUT2D eigenvalue weighted by Crippen LogP contribution is -2.46. The van der Waals surface area contributed by atoms with E-state index in [0.717, 1.165) is 36.2 Å². The largest absolute Gasteiger partial charge is 0.508 e.